The molecule has 2 aliphatic rings. The molecule has 3 rings (SSSR count). The fraction of sp³-hybridized carbons (Fsp3) is 0.714. The summed E-state index contributed by atoms with van der Waals surface area (Å²) in [6.45, 7) is 5.92. The summed E-state index contributed by atoms with van der Waals surface area (Å²) in [7, 11) is 2.21. The number of nitrogens with zero attached hydrogens (tertiary/aromatic N) is 4. The lowest BCUT2D eigenvalue weighted by atomic mass is 10.0. The van der Waals surface area contributed by atoms with Gasteiger partial charge in [-0.2, -0.15) is 5.10 Å². The monoisotopic (exact) mass is 262 g/mol. The molecule has 2 saturated heterocycles. The van der Waals surface area contributed by atoms with E-state index in [1.807, 2.05) is 13.0 Å². The van der Waals surface area contributed by atoms with Crippen LogP contribution in [-0.2, 0) is 4.74 Å². The van der Waals surface area contributed by atoms with Crippen LogP contribution in [-0.4, -0.2) is 60.5 Å². The Kier molecular flexibility index (Phi) is 3.66. The summed E-state index contributed by atoms with van der Waals surface area (Å²) in [4.78, 5) is 4.78. The molecule has 0 unspecified atom stereocenters. The van der Waals surface area contributed by atoms with E-state index in [4.69, 9.17) is 4.74 Å². The van der Waals surface area contributed by atoms with Crippen LogP contribution in [0.3, 0.4) is 0 Å². The van der Waals surface area contributed by atoms with E-state index >= 15 is 0 Å². The van der Waals surface area contributed by atoms with E-state index in [1.165, 1.54) is 0 Å². The van der Waals surface area contributed by atoms with E-state index in [-0.39, 0.29) is 0 Å². The third kappa shape index (κ3) is 2.72. The molecule has 1 aromatic heterocycles. The molecule has 0 bridgehead atoms. The number of anilines is 1. The van der Waals surface area contributed by atoms with Crippen molar-refractivity contribution >= 4 is 5.82 Å². The number of aromatic nitrogens is 2. The highest BCUT2D eigenvalue weighted by Gasteiger charge is 2.33. The first-order valence-corrected chi connectivity index (χ1v) is 7.11. The van der Waals surface area contributed by atoms with Crippen LogP contribution in [0.25, 0.3) is 0 Å². The third-order valence-corrected chi connectivity index (χ3v) is 4.26. The Labute approximate surface area is 114 Å². The van der Waals surface area contributed by atoms with E-state index < -0.39 is 0 Å². The van der Waals surface area contributed by atoms with Crippen molar-refractivity contribution in [2.24, 2.45) is 0 Å². The number of rotatable bonds is 1. The topological polar surface area (TPSA) is 41.5 Å². The Morgan fingerprint density at radius 3 is 2.79 bits per heavy atom. The van der Waals surface area contributed by atoms with Crippen LogP contribution in [0.15, 0.2) is 12.1 Å². The highest BCUT2D eigenvalue weighted by molar-refractivity contribution is 5.37. The van der Waals surface area contributed by atoms with Crippen molar-refractivity contribution in [3.05, 3.63) is 17.8 Å². The van der Waals surface area contributed by atoms with Gasteiger partial charge in [0.1, 0.15) is 0 Å². The third-order valence-electron chi connectivity index (χ3n) is 4.26. The molecule has 104 valence electrons. The summed E-state index contributed by atoms with van der Waals surface area (Å²) in [5.41, 5.74) is 0.968. The second kappa shape index (κ2) is 5.43. The van der Waals surface area contributed by atoms with E-state index in [2.05, 4.69) is 33.1 Å². The Hall–Kier alpha value is -1.20. The SMILES string of the molecule is Cc1ccc(N2CC[C@@H]3OCCN(C)[C@@H]3CC2)nn1. The Morgan fingerprint density at radius 1 is 1.16 bits per heavy atom. The molecule has 3 heterocycles. The molecule has 0 spiro atoms. The predicted octanol–water partition coefficient (Wildman–Crippen LogP) is 1.08. The van der Waals surface area contributed by atoms with Gasteiger partial charge in [0.25, 0.3) is 0 Å². The molecule has 0 radical (unpaired) electrons. The summed E-state index contributed by atoms with van der Waals surface area (Å²) in [5.74, 6) is 0.993. The van der Waals surface area contributed by atoms with Gasteiger partial charge < -0.3 is 9.64 Å². The zero-order valence-electron chi connectivity index (χ0n) is 11.7. The number of fused-ring (bicyclic) bond motifs is 1. The number of aryl methyl sites for hydroxylation is 1. The van der Waals surface area contributed by atoms with E-state index in [0.717, 1.165) is 50.6 Å². The van der Waals surface area contributed by atoms with Crippen molar-refractivity contribution in [3.63, 3.8) is 0 Å². The fourth-order valence-corrected chi connectivity index (χ4v) is 3.06. The number of morpholine rings is 1. The van der Waals surface area contributed by atoms with Crippen LogP contribution < -0.4 is 4.90 Å². The molecule has 5 nitrogen and oxygen atoms in total. The summed E-state index contributed by atoms with van der Waals surface area (Å²) in [6, 6.07) is 4.65. The average Bonchev–Trinajstić information content (AvgIpc) is 2.63. The van der Waals surface area contributed by atoms with Gasteiger partial charge in [-0.1, -0.05) is 0 Å². The number of hydrogen-bond acceptors (Lipinski definition) is 5. The molecule has 2 atom stereocenters. The normalized spacial score (nSPS) is 28.8. The first-order valence-electron chi connectivity index (χ1n) is 7.11. The molecule has 0 aromatic carbocycles. The van der Waals surface area contributed by atoms with Gasteiger partial charge in [0, 0.05) is 25.7 Å². The molecule has 0 amide bonds. The minimum Gasteiger partial charge on any atom is -0.375 e. The zero-order valence-corrected chi connectivity index (χ0v) is 11.7. The van der Waals surface area contributed by atoms with Crippen LogP contribution in [0.2, 0.25) is 0 Å². The molecule has 1 aromatic rings. The van der Waals surface area contributed by atoms with Crippen molar-refractivity contribution in [2.45, 2.75) is 31.9 Å². The van der Waals surface area contributed by atoms with Crippen molar-refractivity contribution in [3.8, 4) is 0 Å². The van der Waals surface area contributed by atoms with Crippen molar-refractivity contribution in [2.75, 3.05) is 38.2 Å². The highest BCUT2D eigenvalue weighted by Crippen LogP contribution is 2.24. The molecular formula is C14H22N4O. The van der Waals surface area contributed by atoms with Gasteiger partial charge in [0.2, 0.25) is 0 Å². The largest absolute Gasteiger partial charge is 0.375 e. The van der Waals surface area contributed by atoms with Gasteiger partial charge in [-0.05, 0) is 38.9 Å². The van der Waals surface area contributed by atoms with Crippen molar-refractivity contribution < 1.29 is 4.74 Å². The maximum atomic E-state index is 5.93. The maximum absolute atomic E-state index is 5.93. The summed E-state index contributed by atoms with van der Waals surface area (Å²) in [6.07, 6.45) is 2.59. The lowest BCUT2D eigenvalue weighted by molar-refractivity contribution is -0.0616. The Morgan fingerprint density at radius 2 is 2.00 bits per heavy atom. The van der Waals surface area contributed by atoms with Gasteiger partial charge in [0.15, 0.2) is 5.82 Å². The lowest BCUT2D eigenvalue weighted by Gasteiger charge is -2.37. The number of ether oxygens (including phenoxy) is 1. The Bertz CT molecular complexity index is 422. The van der Waals surface area contributed by atoms with Gasteiger partial charge in [0.05, 0.1) is 18.4 Å². The quantitative estimate of drug-likeness (QED) is 0.757. The summed E-state index contributed by atoms with van der Waals surface area (Å²) >= 11 is 0. The van der Waals surface area contributed by atoms with Gasteiger partial charge in [-0.3, -0.25) is 4.90 Å². The first-order chi connectivity index (χ1) is 9.24. The summed E-state index contributed by atoms with van der Waals surface area (Å²) < 4.78 is 5.93. The molecule has 2 fully saturated rings. The molecule has 5 heteroatoms. The summed E-state index contributed by atoms with van der Waals surface area (Å²) in [5, 5.41) is 8.46. The van der Waals surface area contributed by atoms with E-state index in [9.17, 15) is 0 Å². The molecular weight excluding hydrogens is 240 g/mol. The molecule has 0 aliphatic carbocycles. The zero-order chi connectivity index (χ0) is 13.2. The minimum atomic E-state index is 0.377. The fourth-order valence-electron chi connectivity index (χ4n) is 3.06. The van der Waals surface area contributed by atoms with Crippen molar-refractivity contribution in [1.82, 2.24) is 15.1 Å². The van der Waals surface area contributed by atoms with Crippen LogP contribution in [0, 0.1) is 6.92 Å². The standard InChI is InChI=1S/C14H22N4O/c1-11-3-4-14(16-15-11)18-7-5-12-13(6-8-18)19-10-9-17(12)2/h3-4,12-13H,5-10H2,1-2H3/t12-,13+/m1/s1. The van der Waals surface area contributed by atoms with E-state index in [1.54, 1.807) is 0 Å². The lowest BCUT2D eigenvalue weighted by Crippen LogP contribution is -2.49. The van der Waals surface area contributed by atoms with Crippen LogP contribution in [0.1, 0.15) is 18.5 Å². The molecule has 0 saturated carbocycles. The Balaban J connectivity index is 1.71. The first kappa shape index (κ1) is 12.8. The highest BCUT2D eigenvalue weighted by atomic mass is 16.5. The van der Waals surface area contributed by atoms with Gasteiger partial charge >= 0.3 is 0 Å². The molecule has 0 N–H and O–H groups in total. The number of hydrogen-bond donors (Lipinski definition) is 0. The second-order valence-electron chi connectivity index (χ2n) is 5.55. The van der Waals surface area contributed by atoms with Crippen LogP contribution in [0.4, 0.5) is 5.82 Å². The van der Waals surface area contributed by atoms with E-state index in [0.29, 0.717) is 12.1 Å². The number of likely N-dealkylation sites (N-methyl/N-ethyl adjacent to an activating group) is 1. The van der Waals surface area contributed by atoms with Crippen molar-refractivity contribution in [1.29, 1.82) is 0 Å². The van der Waals surface area contributed by atoms with Crippen LogP contribution in [0.5, 0.6) is 0 Å². The molecule has 19 heavy (non-hydrogen) atoms. The minimum absolute atomic E-state index is 0.377. The second-order valence-corrected chi connectivity index (χ2v) is 5.55. The maximum Gasteiger partial charge on any atom is 0.151 e. The average molecular weight is 262 g/mol. The van der Waals surface area contributed by atoms with Crippen LogP contribution >= 0.6 is 0 Å². The van der Waals surface area contributed by atoms with Gasteiger partial charge in [-0.25, -0.2) is 0 Å². The smallest absolute Gasteiger partial charge is 0.151 e. The predicted molar refractivity (Wildman–Crippen MR) is 74.4 cm³/mol. The molecule has 2 aliphatic heterocycles. The van der Waals surface area contributed by atoms with Gasteiger partial charge in [-0.15, -0.1) is 5.10 Å².